The molecule has 7 nitrogen and oxygen atoms in total. The molecular formula is C20H14ClF3N6OS. The molecule has 164 valence electrons. The summed E-state index contributed by atoms with van der Waals surface area (Å²) in [7, 11) is 0. The molecule has 0 bridgehead atoms. The van der Waals surface area contributed by atoms with Crippen molar-refractivity contribution >= 4 is 46.1 Å². The van der Waals surface area contributed by atoms with Gasteiger partial charge in [-0.05, 0) is 29.8 Å². The molecule has 1 amide bonds. The Morgan fingerprint density at radius 2 is 1.84 bits per heavy atom. The van der Waals surface area contributed by atoms with Gasteiger partial charge in [0, 0.05) is 5.02 Å². The minimum Gasteiger partial charge on any atom is -0.325 e. The highest BCUT2D eigenvalue weighted by atomic mass is 35.5. The summed E-state index contributed by atoms with van der Waals surface area (Å²) >= 11 is 6.94. The molecule has 0 aliphatic heterocycles. The number of para-hydroxylation sites is 1. The van der Waals surface area contributed by atoms with E-state index in [9.17, 15) is 18.0 Å². The van der Waals surface area contributed by atoms with E-state index in [0.29, 0.717) is 27.8 Å². The predicted molar refractivity (Wildman–Crippen MR) is 114 cm³/mol. The van der Waals surface area contributed by atoms with Gasteiger partial charge in [-0.25, -0.2) is 14.6 Å². The molecular weight excluding hydrogens is 465 g/mol. The minimum absolute atomic E-state index is 0.164. The summed E-state index contributed by atoms with van der Waals surface area (Å²) in [4.78, 5) is 20.6. The average molecular weight is 479 g/mol. The Bertz CT molecular complexity index is 1260. The number of carbonyl (C=O) groups is 1. The number of hydrogen-bond acceptors (Lipinski definition) is 6. The fourth-order valence-electron chi connectivity index (χ4n) is 2.91. The lowest BCUT2D eigenvalue weighted by molar-refractivity contribution is -0.137. The number of rotatable bonds is 6. The third-order valence-corrected chi connectivity index (χ3v) is 5.59. The molecule has 0 atom stereocenters. The molecule has 0 saturated heterocycles. The van der Waals surface area contributed by atoms with E-state index in [4.69, 9.17) is 11.6 Å². The first-order valence-electron chi connectivity index (χ1n) is 9.19. The van der Waals surface area contributed by atoms with Crippen molar-refractivity contribution in [3.05, 3.63) is 71.0 Å². The molecule has 2 aromatic carbocycles. The van der Waals surface area contributed by atoms with Crippen molar-refractivity contribution in [1.29, 1.82) is 0 Å². The van der Waals surface area contributed by atoms with Gasteiger partial charge in [-0.15, -0.1) is 5.10 Å². The van der Waals surface area contributed by atoms with Crippen molar-refractivity contribution in [1.82, 2.24) is 25.0 Å². The number of nitrogens with one attached hydrogen (secondary N) is 1. The van der Waals surface area contributed by atoms with E-state index in [0.717, 1.165) is 23.4 Å². The van der Waals surface area contributed by atoms with Crippen molar-refractivity contribution in [2.75, 3.05) is 11.1 Å². The first-order chi connectivity index (χ1) is 15.3. The van der Waals surface area contributed by atoms with Gasteiger partial charge >= 0.3 is 6.18 Å². The molecule has 0 aliphatic rings. The van der Waals surface area contributed by atoms with Gasteiger partial charge in [0.1, 0.15) is 11.4 Å². The smallest absolute Gasteiger partial charge is 0.325 e. The molecule has 32 heavy (non-hydrogen) atoms. The van der Waals surface area contributed by atoms with Gasteiger partial charge in [-0.3, -0.25) is 4.79 Å². The lowest BCUT2D eigenvalue weighted by Crippen LogP contribution is -2.18. The van der Waals surface area contributed by atoms with Crippen LogP contribution in [0.5, 0.6) is 0 Å². The third-order valence-electron chi connectivity index (χ3n) is 4.36. The summed E-state index contributed by atoms with van der Waals surface area (Å²) < 4.78 is 40.9. The van der Waals surface area contributed by atoms with Crippen LogP contribution in [-0.4, -0.2) is 36.6 Å². The number of thioether (sulfide) groups is 1. The summed E-state index contributed by atoms with van der Waals surface area (Å²) in [5, 5.41) is 11.5. The standard InChI is InChI=1S/C20H14ClF3N6OS/c21-13-7-5-12(6-8-13)9-30-18-17(28-29-30)19(26-11-25-18)32-10-16(31)27-15-4-2-1-3-14(15)20(22,23)24/h1-8,11H,9-10H2,(H,27,31). The Kier molecular flexibility index (Phi) is 6.28. The number of halogens is 4. The second kappa shape index (κ2) is 9.13. The topological polar surface area (TPSA) is 85.6 Å². The summed E-state index contributed by atoms with van der Waals surface area (Å²) in [5.41, 5.74) is 0.604. The van der Waals surface area contributed by atoms with E-state index in [1.165, 1.54) is 24.5 Å². The van der Waals surface area contributed by atoms with Crippen LogP contribution in [0.1, 0.15) is 11.1 Å². The highest BCUT2D eigenvalue weighted by Crippen LogP contribution is 2.34. The van der Waals surface area contributed by atoms with Crippen LogP contribution in [0.25, 0.3) is 11.2 Å². The largest absolute Gasteiger partial charge is 0.418 e. The monoisotopic (exact) mass is 478 g/mol. The zero-order valence-corrected chi connectivity index (χ0v) is 17.7. The average Bonchev–Trinajstić information content (AvgIpc) is 3.17. The SMILES string of the molecule is O=C(CSc1ncnc2c1nnn2Cc1ccc(Cl)cc1)Nc1ccccc1C(F)(F)F. The van der Waals surface area contributed by atoms with Crippen molar-refractivity contribution < 1.29 is 18.0 Å². The fraction of sp³-hybridized carbons (Fsp3) is 0.150. The van der Waals surface area contributed by atoms with E-state index in [1.54, 1.807) is 16.8 Å². The molecule has 1 N–H and O–H groups in total. The molecule has 4 rings (SSSR count). The van der Waals surface area contributed by atoms with Crippen LogP contribution in [0.2, 0.25) is 5.02 Å². The number of carbonyl (C=O) groups excluding carboxylic acids is 1. The van der Waals surface area contributed by atoms with E-state index in [-0.39, 0.29) is 11.4 Å². The van der Waals surface area contributed by atoms with Gasteiger partial charge in [-0.1, -0.05) is 52.8 Å². The third kappa shape index (κ3) is 5.00. The van der Waals surface area contributed by atoms with Gasteiger partial charge in [-0.2, -0.15) is 13.2 Å². The van der Waals surface area contributed by atoms with E-state index in [1.807, 2.05) is 12.1 Å². The Morgan fingerprint density at radius 1 is 1.09 bits per heavy atom. The lowest BCUT2D eigenvalue weighted by Gasteiger charge is -2.13. The number of benzene rings is 2. The number of fused-ring (bicyclic) bond motifs is 1. The molecule has 0 fully saturated rings. The molecule has 12 heteroatoms. The second-order valence-corrected chi connectivity index (χ2v) is 8.01. The summed E-state index contributed by atoms with van der Waals surface area (Å²) in [6.45, 7) is 0.406. The number of amides is 1. The van der Waals surface area contributed by atoms with Crippen molar-refractivity contribution in [3.8, 4) is 0 Å². The van der Waals surface area contributed by atoms with Crippen LogP contribution in [0.3, 0.4) is 0 Å². The van der Waals surface area contributed by atoms with Crippen LogP contribution in [0.15, 0.2) is 59.9 Å². The molecule has 0 radical (unpaired) electrons. The molecule has 4 aromatic rings. The molecule has 0 saturated carbocycles. The number of anilines is 1. The second-order valence-electron chi connectivity index (χ2n) is 6.60. The fourth-order valence-corrected chi connectivity index (χ4v) is 3.76. The Hall–Kier alpha value is -3.18. The van der Waals surface area contributed by atoms with Gasteiger partial charge in [0.25, 0.3) is 0 Å². The zero-order valence-electron chi connectivity index (χ0n) is 16.2. The Balaban J connectivity index is 1.47. The lowest BCUT2D eigenvalue weighted by atomic mass is 10.1. The van der Waals surface area contributed by atoms with Crippen LogP contribution in [-0.2, 0) is 17.5 Å². The molecule has 0 spiro atoms. The van der Waals surface area contributed by atoms with Gasteiger partial charge in [0.05, 0.1) is 23.5 Å². The number of hydrogen-bond donors (Lipinski definition) is 1. The maximum absolute atomic E-state index is 13.1. The van der Waals surface area contributed by atoms with E-state index >= 15 is 0 Å². The maximum atomic E-state index is 13.1. The summed E-state index contributed by atoms with van der Waals surface area (Å²) in [6, 6.07) is 12.0. The van der Waals surface area contributed by atoms with Crippen LogP contribution in [0.4, 0.5) is 18.9 Å². The quantitative estimate of drug-likeness (QED) is 0.320. The minimum atomic E-state index is -4.57. The van der Waals surface area contributed by atoms with E-state index in [2.05, 4.69) is 25.6 Å². The van der Waals surface area contributed by atoms with Gasteiger partial charge in [0.15, 0.2) is 11.2 Å². The Morgan fingerprint density at radius 3 is 2.59 bits per heavy atom. The van der Waals surface area contributed by atoms with Crippen molar-refractivity contribution in [2.24, 2.45) is 0 Å². The maximum Gasteiger partial charge on any atom is 0.418 e. The van der Waals surface area contributed by atoms with Crippen LogP contribution >= 0.6 is 23.4 Å². The molecule has 2 aromatic heterocycles. The highest BCUT2D eigenvalue weighted by Gasteiger charge is 2.33. The molecule has 2 heterocycles. The summed E-state index contributed by atoms with van der Waals surface area (Å²) in [6.07, 6.45) is -3.25. The van der Waals surface area contributed by atoms with Gasteiger partial charge in [0.2, 0.25) is 5.91 Å². The first kappa shape index (κ1) is 22.0. The number of nitrogens with zero attached hydrogens (tertiary/aromatic N) is 5. The normalized spacial score (nSPS) is 11.6. The number of alkyl halides is 3. The highest BCUT2D eigenvalue weighted by molar-refractivity contribution is 8.00. The van der Waals surface area contributed by atoms with Crippen molar-refractivity contribution in [2.45, 2.75) is 17.7 Å². The van der Waals surface area contributed by atoms with Crippen molar-refractivity contribution in [3.63, 3.8) is 0 Å². The van der Waals surface area contributed by atoms with Crippen LogP contribution < -0.4 is 5.32 Å². The van der Waals surface area contributed by atoms with Gasteiger partial charge < -0.3 is 5.32 Å². The Labute approximate surface area is 189 Å². The van der Waals surface area contributed by atoms with Crippen LogP contribution in [0, 0.1) is 0 Å². The first-order valence-corrected chi connectivity index (χ1v) is 10.5. The molecule has 0 unspecified atom stereocenters. The predicted octanol–water partition coefficient (Wildman–Crippen LogP) is 4.67. The van der Waals surface area contributed by atoms with E-state index < -0.39 is 17.6 Å². The number of aromatic nitrogens is 5. The zero-order chi connectivity index (χ0) is 22.7. The summed E-state index contributed by atoms with van der Waals surface area (Å²) in [5.74, 6) is -0.769. The molecule has 0 aliphatic carbocycles.